The first-order valence-electron chi connectivity index (χ1n) is 10.9. The molecule has 1 aromatic carbocycles. The number of aromatic nitrogens is 2. The van der Waals surface area contributed by atoms with E-state index in [4.69, 9.17) is 4.74 Å². The van der Waals surface area contributed by atoms with Gasteiger partial charge < -0.3 is 19.9 Å². The van der Waals surface area contributed by atoms with Crippen molar-refractivity contribution in [2.45, 2.75) is 37.8 Å². The van der Waals surface area contributed by atoms with Crippen LogP contribution in [0, 0.1) is 0 Å². The van der Waals surface area contributed by atoms with Gasteiger partial charge in [0.1, 0.15) is 12.4 Å². The van der Waals surface area contributed by atoms with E-state index in [1.807, 2.05) is 12.1 Å². The summed E-state index contributed by atoms with van der Waals surface area (Å²) in [6, 6.07) is 5.65. The summed E-state index contributed by atoms with van der Waals surface area (Å²) < 4.78 is 29.3. The molecule has 2 aromatic rings. The van der Waals surface area contributed by atoms with Gasteiger partial charge in [0.25, 0.3) is 0 Å². The monoisotopic (exact) mass is 445 g/mol. The van der Waals surface area contributed by atoms with Crippen molar-refractivity contribution in [3.8, 4) is 5.88 Å². The number of ether oxygens (including phenoxy) is 1. The lowest BCUT2D eigenvalue weighted by atomic mass is 9.96. The van der Waals surface area contributed by atoms with E-state index >= 15 is 0 Å². The highest BCUT2D eigenvalue weighted by molar-refractivity contribution is 7.91. The largest absolute Gasteiger partial charge is 0.474 e. The van der Waals surface area contributed by atoms with E-state index in [0.29, 0.717) is 38.5 Å². The number of fused-ring (bicyclic) bond motifs is 1. The third-order valence-electron chi connectivity index (χ3n) is 6.40. The Morgan fingerprint density at radius 1 is 1.10 bits per heavy atom. The van der Waals surface area contributed by atoms with Crippen LogP contribution in [0.15, 0.2) is 24.5 Å². The molecule has 1 unspecified atom stereocenters. The lowest BCUT2D eigenvalue weighted by molar-refractivity contribution is 0.116. The summed E-state index contributed by atoms with van der Waals surface area (Å²) in [6.07, 6.45) is 5.64. The Labute approximate surface area is 181 Å². The van der Waals surface area contributed by atoms with Crippen molar-refractivity contribution < 1.29 is 17.9 Å². The van der Waals surface area contributed by atoms with Gasteiger partial charge in [-0.25, -0.2) is 23.2 Å². The summed E-state index contributed by atoms with van der Waals surface area (Å²) in [4.78, 5) is 25.2. The summed E-state index contributed by atoms with van der Waals surface area (Å²) in [5.41, 5.74) is 1.92. The van der Waals surface area contributed by atoms with E-state index in [2.05, 4.69) is 26.3 Å². The molecule has 3 fully saturated rings. The molecule has 166 valence electrons. The van der Waals surface area contributed by atoms with E-state index < -0.39 is 9.84 Å². The van der Waals surface area contributed by atoms with E-state index in [-0.39, 0.29) is 29.7 Å². The maximum absolute atomic E-state index is 12.5. The number of benzene rings is 1. The van der Waals surface area contributed by atoms with Gasteiger partial charge in [0.15, 0.2) is 9.84 Å². The van der Waals surface area contributed by atoms with Crippen LogP contribution >= 0.6 is 0 Å². The molecule has 1 saturated carbocycles. The maximum Gasteiger partial charge on any atom is 0.317 e. The van der Waals surface area contributed by atoms with Crippen LogP contribution in [-0.4, -0.2) is 79.1 Å². The molecule has 1 aromatic heterocycles. The number of anilines is 1. The SMILES string of the molecule is O=C(NC1CCS(=O)(=O)C1)N1CCN(c2ccc3ncnc(OC4CCC4)c3c2)CC1. The molecule has 1 atom stereocenters. The van der Waals surface area contributed by atoms with Gasteiger partial charge in [0.2, 0.25) is 5.88 Å². The Balaban J connectivity index is 1.23. The zero-order valence-electron chi connectivity index (χ0n) is 17.4. The van der Waals surface area contributed by atoms with Crippen molar-refractivity contribution in [1.29, 1.82) is 0 Å². The summed E-state index contributed by atoms with van der Waals surface area (Å²) in [5.74, 6) is 0.841. The number of rotatable bonds is 4. The Morgan fingerprint density at radius 3 is 2.58 bits per heavy atom. The molecular formula is C21H27N5O4S. The molecule has 3 heterocycles. The first kappa shape index (κ1) is 20.3. The Hall–Kier alpha value is -2.62. The normalized spacial score (nSPS) is 23.5. The van der Waals surface area contributed by atoms with Crippen molar-refractivity contribution in [2.75, 3.05) is 42.6 Å². The number of urea groups is 1. The Bertz CT molecular complexity index is 1080. The second kappa shape index (κ2) is 8.14. The quantitative estimate of drug-likeness (QED) is 0.762. The fourth-order valence-corrected chi connectivity index (χ4v) is 5.97. The van der Waals surface area contributed by atoms with Crippen LogP contribution in [0.4, 0.5) is 10.5 Å². The molecule has 31 heavy (non-hydrogen) atoms. The molecule has 10 heteroatoms. The number of sulfone groups is 1. The molecule has 0 radical (unpaired) electrons. The van der Waals surface area contributed by atoms with E-state index in [1.54, 1.807) is 11.2 Å². The first-order valence-corrected chi connectivity index (χ1v) is 12.7. The van der Waals surface area contributed by atoms with Gasteiger partial charge >= 0.3 is 6.03 Å². The minimum atomic E-state index is -3.01. The Morgan fingerprint density at radius 2 is 1.90 bits per heavy atom. The molecule has 2 aliphatic heterocycles. The minimum absolute atomic E-state index is 0.0448. The van der Waals surface area contributed by atoms with Crippen molar-refractivity contribution in [1.82, 2.24) is 20.2 Å². The van der Waals surface area contributed by atoms with E-state index in [9.17, 15) is 13.2 Å². The maximum atomic E-state index is 12.5. The highest BCUT2D eigenvalue weighted by Crippen LogP contribution is 2.31. The van der Waals surface area contributed by atoms with Crippen LogP contribution in [0.3, 0.4) is 0 Å². The second-order valence-electron chi connectivity index (χ2n) is 8.57. The number of hydrogen-bond acceptors (Lipinski definition) is 7. The fourth-order valence-electron chi connectivity index (χ4n) is 4.30. The zero-order valence-corrected chi connectivity index (χ0v) is 18.2. The first-order chi connectivity index (χ1) is 15.0. The van der Waals surface area contributed by atoms with Crippen LogP contribution in [0.5, 0.6) is 5.88 Å². The molecule has 1 N–H and O–H groups in total. The van der Waals surface area contributed by atoms with Gasteiger partial charge in [-0.2, -0.15) is 0 Å². The predicted molar refractivity (Wildman–Crippen MR) is 117 cm³/mol. The van der Waals surface area contributed by atoms with Gasteiger partial charge in [0.05, 0.1) is 22.4 Å². The molecule has 1 aliphatic carbocycles. The second-order valence-corrected chi connectivity index (χ2v) is 10.8. The van der Waals surface area contributed by atoms with E-state index in [0.717, 1.165) is 29.4 Å². The average molecular weight is 446 g/mol. The summed E-state index contributed by atoms with van der Waals surface area (Å²) in [6.45, 7) is 2.57. The molecule has 0 spiro atoms. The number of nitrogens with one attached hydrogen (secondary N) is 1. The van der Waals surface area contributed by atoms with Gasteiger partial charge in [-0.1, -0.05) is 0 Å². The highest BCUT2D eigenvalue weighted by atomic mass is 32.2. The summed E-state index contributed by atoms with van der Waals surface area (Å²) >= 11 is 0. The summed E-state index contributed by atoms with van der Waals surface area (Å²) in [5, 5.41) is 3.79. The number of amides is 2. The van der Waals surface area contributed by atoms with Crippen LogP contribution in [0.2, 0.25) is 0 Å². The zero-order chi connectivity index (χ0) is 21.4. The van der Waals surface area contributed by atoms with Crippen LogP contribution < -0.4 is 15.0 Å². The number of hydrogen-bond donors (Lipinski definition) is 1. The van der Waals surface area contributed by atoms with Crippen LogP contribution in [-0.2, 0) is 9.84 Å². The van der Waals surface area contributed by atoms with Crippen molar-refractivity contribution >= 4 is 32.5 Å². The minimum Gasteiger partial charge on any atom is -0.474 e. The molecule has 5 rings (SSSR count). The van der Waals surface area contributed by atoms with Crippen molar-refractivity contribution in [2.24, 2.45) is 0 Å². The lowest BCUT2D eigenvalue weighted by Crippen LogP contribution is -2.53. The van der Waals surface area contributed by atoms with Gasteiger partial charge in [-0.15, -0.1) is 0 Å². The summed E-state index contributed by atoms with van der Waals surface area (Å²) in [7, 11) is -3.01. The van der Waals surface area contributed by atoms with Crippen molar-refractivity contribution in [3.63, 3.8) is 0 Å². The topological polar surface area (TPSA) is 105 Å². The van der Waals surface area contributed by atoms with Gasteiger partial charge in [-0.05, 0) is 43.9 Å². The molecular weight excluding hydrogens is 418 g/mol. The van der Waals surface area contributed by atoms with Crippen molar-refractivity contribution in [3.05, 3.63) is 24.5 Å². The van der Waals surface area contributed by atoms with Gasteiger partial charge in [-0.3, -0.25) is 0 Å². The smallest absolute Gasteiger partial charge is 0.317 e. The third kappa shape index (κ3) is 4.39. The fraction of sp³-hybridized carbons (Fsp3) is 0.571. The van der Waals surface area contributed by atoms with Gasteiger partial charge in [0, 0.05) is 37.9 Å². The van der Waals surface area contributed by atoms with Crippen LogP contribution in [0.25, 0.3) is 10.9 Å². The molecule has 0 bridgehead atoms. The number of nitrogens with zero attached hydrogens (tertiary/aromatic N) is 4. The molecule has 3 aliphatic rings. The van der Waals surface area contributed by atoms with Crippen LogP contribution in [0.1, 0.15) is 25.7 Å². The Kier molecular flexibility index (Phi) is 5.33. The highest BCUT2D eigenvalue weighted by Gasteiger charge is 2.31. The number of piperazine rings is 1. The third-order valence-corrected chi connectivity index (χ3v) is 8.17. The standard InChI is InChI=1S/C21H27N5O4S/c27-21(24-15-6-11-31(28,29)13-15)26-9-7-25(8-10-26)16-4-5-19-18(12-16)20(23-14-22-19)30-17-2-1-3-17/h4-5,12,14-15,17H,1-3,6-11,13H2,(H,24,27). The molecule has 2 amide bonds. The van der Waals surface area contributed by atoms with E-state index in [1.165, 1.54) is 6.42 Å². The molecule has 2 saturated heterocycles. The number of carbonyl (C=O) groups is 1. The lowest BCUT2D eigenvalue weighted by Gasteiger charge is -2.36. The molecule has 9 nitrogen and oxygen atoms in total. The number of carbonyl (C=O) groups excluding carboxylic acids is 1. The average Bonchev–Trinajstić information content (AvgIpc) is 3.08. The predicted octanol–water partition coefficient (Wildman–Crippen LogP) is 1.58.